The molecule has 0 saturated heterocycles. The fraction of sp³-hybridized carbons (Fsp3) is 0.227. The summed E-state index contributed by atoms with van der Waals surface area (Å²) in [6.07, 6.45) is 1.10. The van der Waals surface area contributed by atoms with E-state index in [0.717, 1.165) is 28.6 Å². The van der Waals surface area contributed by atoms with Crippen LogP contribution in [0.3, 0.4) is 0 Å². The molecule has 0 bridgehead atoms. The Morgan fingerprint density at radius 3 is 2.50 bits per heavy atom. The predicted octanol–water partition coefficient (Wildman–Crippen LogP) is 4.15. The van der Waals surface area contributed by atoms with Gasteiger partial charge >= 0.3 is 0 Å². The summed E-state index contributed by atoms with van der Waals surface area (Å²) in [6.45, 7) is 4.40. The Bertz CT molecular complexity index is 1000. The van der Waals surface area contributed by atoms with E-state index in [1.807, 2.05) is 30.3 Å². The number of para-hydroxylation sites is 1. The molecule has 1 aromatic heterocycles. The van der Waals surface area contributed by atoms with Crippen LogP contribution < -0.4 is 16.2 Å². The van der Waals surface area contributed by atoms with Gasteiger partial charge in [0.15, 0.2) is 5.11 Å². The highest BCUT2D eigenvalue weighted by Crippen LogP contribution is 2.27. The molecule has 0 spiro atoms. The van der Waals surface area contributed by atoms with E-state index in [1.54, 1.807) is 7.05 Å². The van der Waals surface area contributed by atoms with Crippen LogP contribution in [0.2, 0.25) is 0 Å². The number of pyridine rings is 1. The molecule has 0 fully saturated rings. The van der Waals surface area contributed by atoms with Gasteiger partial charge in [0.1, 0.15) is 0 Å². The number of nitrogens with one attached hydrogen (secondary N) is 3. The summed E-state index contributed by atoms with van der Waals surface area (Å²) in [5, 5.41) is 3.89. The Labute approximate surface area is 170 Å². The van der Waals surface area contributed by atoms with Crippen molar-refractivity contribution >= 4 is 34.1 Å². The van der Waals surface area contributed by atoms with Crippen molar-refractivity contribution in [2.45, 2.75) is 26.2 Å². The average molecular weight is 393 g/mol. The third-order valence-electron chi connectivity index (χ3n) is 4.87. The second-order valence-corrected chi connectivity index (χ2v) is 7.07. The Balaban J connectivity index is 2.00. The van der Waals surface area contributed by atoms with Crippen LogP contribution in [0, 0.1) is 0 Å². The molecule has 28 heavy (non-hydrogen) atoms. The van der Waals surface area contributed by atoms with Crippen molar-refractivity contribution in [3.8, 4) is 11.3 Å². The van der Waals surface area contributed by atoms with Crippen molar-refractivity contribution in [1.29, 1.82) is 0 Å². The van der Waals surface area contributed by atoms with Gasteiger partial charge in [-0.25, -0.2) is 4.98 Å². The van der Waals surface area contributed by atoms with Crippen molar-refractivity contribution in [3.63, 3.8) is 0 Å². The third-order valence-corrected chi connectivity index (χ3v) is 5.17. The zero-order valence-electron chi connectivity index (χ0n) is 16.2. The molecule has 1 amide bonds. The number of benzene rings is 2. The summed E-state index contributed by atoms with van der Waals surface area (Å²) >= 11 is 5.02. The molecule has 2 aromatic carbocycles. The van der Waals surface area contributed by atoms with Crippen molar-refractivity contribution < 1.29 is 4.79 Å². The highest BCUT2D eigenvalue weighted by atomic mass is 32.1. The van der Waals surface area contributed by atoms with E-state index in [0.29, 0.717) is 16.6 Å². The van der Waals surface area contributed by atoms with Crippen LogP contribution in [-0.2, 0) is 0 Å². The molecule has 0 aliphatic rings. The van der Waals surface area contributed by atoms with Gasteiger partial charge in [-0.05, 0) is 42.3 Å². The largest absolute Gasteiger partial charge is 0.364 e. The van der Waals surface area contributed by atoms with Crippen LogP contribution in [-0.4, -0.2) is 23.1 Å². The van der Waals surface area contributed by atoms with Gasteiger partial charge < -0.3 is 5.32 Å². The number of carbonyl (C=O) groups excluding carboxylic acids is 1. The Hall–Kier alpha value is -2.99. The number of hydrogen-bond acceptors (Lipinski definition) is 3. The van der Waals surface area contributed by atoms with Gasteiger partial charge in [0.25, 0.3) is 5.91 Å². The first-order valence-electron chi connectivity index (χ1n) is 9.31. The van der Waals surface area contributed by atoms with Crippen molar-refractivity contribution in [3.05, 3.63) is 65.7 Å². The number of fused-ring (bicyclic) bond motifs is 1. The van der Waals surface area contributed by atoms with Crippen LogP contribution in [0.25, 0.3) is 22.2 Å². The molecule has 0 aliphatic heterocycles. The van der Waals surface area contributed by atoms with E-state index in [1.165, 1.54) is 5.56 Å². The SMILES string of the molecule is CCC(C)c1ccc(-c2cc(C(=O)NNC(=S)NC)c3ccccc3n2)cc1. The molecule has 1 unspecified atom stereocenters. The first-order chi connectivity index (χ1) is 13.5. The topological polar surface area (TPSA) is 66.1 Å². The predicted molar refractivity (Wildman–Crippen MR) is 118 cm³/mol. The highest BCUT2D eigenvalue weighted by Gasteiger charge is 2.14. The minimum atomic E-state index is -0.270. The number of hydrogen-bond donors (Lipinski definition) is 3. The Morgan fingerprint density at radius 2 is 1.82 bits per heavy atom. The summed E-state index contributed by atoms with van der Waals surface area (Å²) in [7, 11) is 1.69. The number of amides is 1. The summed E-state index contributed by atoms with van der Waals surface area (Å²) in [6, 6.07) is 17.8. The average Bonchev–Trinajstić information content (AvgIpc) is 2.75. The van der Waals surface area contributed by atoms with Crippen LogP contribution in [0.15, 0.2) is 54.6 Å². The minimum Gasteiger partial charge on any atom is -0.364 e. The molecular weight excluding hydrogens is 368 g/mol. The zero-order valence-corrected chi connectivity index (χ0v) is 17.1. The lowest BCUT2D eigenvalue weighted by molar-refractivity contribution is 0.0945. The number of hydrazine groups is 1. The number of rotatable bonds is 4. The zero-order chi connectivity index (χ0) is 20.1. The lowest BCUT2D eigenvalue weighted by Crippen LogP contribution is -2.45. The van der Waals surface area contributed by atoms with E-state index < -0.39 is 0 Å². The van der Waals surface area contributed by atoms with Gasteiger partial charge in [-0.2, -0.15) is 0 Å². The molecule has 3 aromatic rings. The van der Waals surface area contributed by atoms with E-state index in [9.17, 15) is 4.79 Å². The van der Waals surface area contributed by atoms with E-state index in [4.69, 9.17) is 17.2 Å². The maximum Gasteiger partial charge on any atom is 0.270 e. The summed E-state index contributed by atoms with van der Waals surface area (Å²) in [4.78, 5) is 17.5. The van der Waals surface area contributed by atoms with Gasteiger partial charge in [0.05, 0.1) is 16.8 Å². The van der Waals surface area contributed by atoms with Gasteiger partial charge in [0.2, 0.25) is 0 Å². The Kier molecular flexibility index (Phi) is 6.21. The molecule has 0 aliphatic carbocycles. The molecule has 0 saturated carbocycles. The summed E-state index contributed by atoms with van der Waals surface area (Å²) in [5.41, 5.74) is 9.66. The van der Waals surface area contributed by atoms with Gasteiger partial charge in [-0.3, -0.25) is 15.6 Å². The molecule has 0 radical (unpaired) electrons. The normalized spacial score (nSPS) is 11.7. The summed E-state index contributed by atoms with van der Waals surface area (Å²) in [5.74, 6) is 0.246. The van der Waals surface area contributed by atoms with E-state index in [-0.39, 0.29) is 5.91 Å². The van der Waals surface area contributed by atoms with Crippen LogP contribution in [0.5, 0.6) is 0 Å². The molecule has 144 valence electrons. The van der Waals surface area contributed by atoms with Crippen LogP contribution >= 0.6 is 12.2 Å². The monoisotopic (exact) mass is 392 g/mol. The minimum absolute atomic E-state index is 0.270. The van der Waals surface area contributed by atoms with Crippen molar-refractivity contribution in [2.75, 3.05) is 7.05 Å². The number of aromatic nitrogens is 1. The first kappa shape index (κ1) is 19.8. The molecule has 3 rings (SSSR count). The number of thiocarbonyl (C=S) groups is 1. The number of nitrogens with zero attached hydrogens (tertiary/aromatic N) is 1. The van der Waals surface area contributed by atoms with E-state index in [2.05, 4.69) is 54.3 Å². The molecule has 1 heterocycles. The van der Waals surface area contributed by atoms with Crippen LogP contribution in [0.1, 0.15) is 42.1 Å². The molecule has 5 nitrogen and oxygen atoms in total. The van der Waals surface area contributed by atoms with Gasteiger partial charge in [0, 0.05) is 18.0 Å². The van der Waals surface area contributed by atoms with Crippen molar-refractivity contribution in [2.24, 2.45) is 0 Å². The lowest BCUT2D eigenvalue weighted by atomic mass is 9.96. The second kappa shape index (κ2) is 8.80. The quantitative estimate of drug-likeness (QED) is 0.460. The fourth-order valence-corrected chi connectivity index (χ4v) is 3.02. The lowest BCUT2D eigenvalue weighted by Gasteiger charge is -2.13. The third kappa shape index (κ3) is 4.28. The summed E-state index contributed by atoms with van der Waals surface area (Å²) < 4.78 is 0. The standard InChI is InChI=1S/C22H24N4OS/c1-4-14(2)15-9-11-16(12-10-15)20-13-18(21(27)25-26-22(28)23-3)17-7-5-6-8-19(17)24-20/h5-14H,4H2,1-3H3,(H,25,27)(H2,23,26,28). The maximum absolute atomic E-state index is 12.8. The smallest absolute Gasteiger partial charge is 0.270 e. The maximum atomic E-state index is 12.8. The fourth-order valence-electron chi connectivity index (χ4n) is 2.97. The van der Waals surface area contributed by atoms with E-state index >= 15 is 0 Å². The molecular formula is C22H24N4OS. The van der Waals surface area contributed by atoms with Gasteiger partial charge in [-0.1, -0.05) is 56.3 Å². The van der Waals surface area contributed by atoms with Crippen molar-refractivity contribution in [1.82, 2.24) is 21.2 Å². The molecule has 3 N–H and O–H groups in total. The highest BCUT2D eigenvalue weighted by molar-refractivity contribution is 7.80. The molecule has 1 atom stereocenters. The van der Waals surface area contributed by atoms with Crippen LogP contribution in [0.4, 0.5) is 0 Å². The van der Waals surface area contributed by atoms with Gasteiger partial charge in [-0.15, -0.1) is 0 Å². The Morgan fingerprint density at radius 1 is 1.11 bits per heavy atom. The molecule has 6 heteroatoms. The first-order valence-corrected chi connectivity index (χ1v) is 9.72. The number of carbonyl (C=O) groups is 1. The second-order valence-electron chi connectivity index (χ2n) is 6.66.